The third kappa shape index (κ3) is 3.14. The average Bonchev–Trinajstić information content (AvgIpc) is 3.10. The summed E-state index contributed by atoms with van der Waals surface area (Å²) in [6, 6.07) is 9.21. The number of benzene rings is 1. The summed E-state index contributed by atoms with van der Waals surface area (Å²) in [7, 11) is 1.97. The van der Waals surface area contributed by atoms with E-state index in [1.807, 2.05) is 23.5 Å². The van der Waals surface area contributed by atoms with Gasteiger partial charge < -0.3 is 5.32 Å². The van der Waals surface area contributed by atoms with E-state index in [9.17, 15) is 0 Å². The molecule has 2 unspecified atom stereocenters. The first-order chi connectivity index (χ1) is 10.3. The standard InChI is InChI=1S/C16H22N4S/c1-3-8-17-14(9-16-18-11-19-20(16)2)13-10-21-15-7-5-4-6-12(13)15/h4-7,11,13-14,17H,3,8-10H2,1-2H3. The third-order valence-corrected chi connectivity index (χ3v) is 5.30. The molecule has 0 spiro atoms. The van der Waals surface area contributed by atoms with Crippen molar-refractivity contribution in [1.29, 1.82) is 0 Å². The van der Waals surface area contributed by atoms with E-state index in [0.29, 0.717) is 12.0 Å². The topological polar surface area (TPSA) is 42.7 Å². The van der Waals surface area contributed by atoms with Gasteiger partial charge in [0, 0.05) is 36.1 Å². The highest BCUT2D eigenvalue weighted by Crippen LogP contribution is 2.41. The predicted molar refractivity (Wildman–Crippen MR) is 86.7 cm³/mol. The summed E-state index contributed by atoms with van der Waals surface area (Å²) in [5.74, 6) is 2.76. The highest BCUT2D eigenvalue weighted by atomic mass is 32.2. The van der Waals surface area contributed by atoms with Gasteiger partial charge in [0.1, 0.15) is 12.2 Å². The van der Waals surface area contributed by atoms with Crippen molar-refractivity contribution in [3.63, 3.8) is 0 Å². The first-order valence-electron chi connectivity index (χ1n) is 7.57. The van der Waals surface area contributed by atoms with E-state index >= 15 is 0 Å². The predicted octanol–water partition coefficient (Wildman–Crippen LogP) is 2.62. The minimum atomic E-state index is 0.420. The van der Waals surface area contributed by atoms with Crippen LogP contribution >= 0.6 is 11.8 Å². The van der Waals surface area contributed by atoms with E-state index in [2.05, 4.69) is 46.6 Å². The van der Waals surface area contributed by atoms with Gasteiger partial charge in [-0.2, -0.15) is 5.10 Å². The number of nitrogens with one attached hydrogen (secondary N) is 1. The molecular formula is C16H22N4S. The highest BCUT2D eigenvalue weighted by Gasteiger charge is 2.30. The van der Waals surface area contributed by atoms with Crippen LogP contribution in [-0.2, 0) is 13.5 Å². The number of aryl methyl sites for hydroxylation is 1. The van der Waals surface area contributed by atoms with E-state index < -0.39 is 0 Å². The van der Waals surface area contributed by atoms with Gasteiger partial charge in [0.2, 0.25) is 0 Å². The van der Waals surface area contributed by atoms with Crippen molar-refractivity contribution in [1.82, 2.24) is 20.1 Å². The van der Waals surface area contributed by atoms with Crippen molar-refractivity contribution in [2.75, 3.05) is 12.3 Å². The second-order valence-corrected chi connectivity index (χ2v) is 6.58. The quantitative estimate of drug-likeness (QED) is 0.891. The molecule has 21 heavy (non-hydrogen) atoms. The Balaban J connectivity index is 1.81. The Kier molecular flexibility index (Phi) is 4.60. The molecule has 0 radical (unpaired) electrons. The Hall–Kier alpha value is -1.33. The highest BCUT2D eigenvalue weighted by molar-refractivity contribution is 7.99. The molecule has 0 bridgehead atoms. The van der Waals surface area contributed by atoms with E-state index in [0.717, 1.165) is 31.0 Å². The van der Waals surface area contributed by atoms with Crippen LogP contribution in [0.3, 0.4) is 0 Å². The molecule has 112 valence electrons. The first-order valence-corrected chi connectivity index (χ1v) is 8.56. The van der Waals surface area contributed by atoms with E-state index in [-0.39, 0.29) is 0 Å². The lowest BCUT2D eigenvalue weighted by atomic mass is 9.91. The zero-order valence-electron chi connectivity index (χ0n) is 12.6. The molecule has 0 amide bonds. The van der Waals surface area contributed by atoms with Crippen molar-refractivity contribution in [2.45, 2.75) is 36.6 Å². The molecule has 2 aromatic rings. The van der Waals surface area contributed by atoms with Crippen LogP contribution < -0.4 is 5.32 Å². The lowest BCUT2D eigenvalue weighted by Crippen LogP contribution is -2.38. The Morgan fingerprint density at radius 1 is 1.43 bits per heavy atom. The van der Waals surface area contributed by atoms with Gasteiger partial charge in [0.05, 0.1) is 0 Å². The van der Waals surface area contributed by atoms with Crippen LogP contribution in [0.2, 0.25) is 0 Å². The average molecular weight is 302 g/mol. The zero-order chi connectivity index (χ0) is 14.7. The molecule has 2 atom stereocenters. The Morgan fingerprint density at radius 2 is 2.29 bits per heavy atom. The number of thioether (sulfide) groups is 1. The Morgan fingerprint density at radius 3 is 3.05 bits per heavy atom. The Labute approximate surface area is 130 Å². The summed E-state index contributed by atoms with van der Waals surface area (Å²) in [4.78, 5) is 5.83. The summed E-state index contributed by atoms with van der Waals surface area (Å²) in [6.45, 7) is 3.26. The number of aromatic nitrogens is 3. The summed E-state index contributed by atoms with van der Waals surface area (Å²) >= 11 is 1.97. The molecule has 0 saturated heterocycles. The van der Waals surface area contributed by atoms with Gasteiger partial charge in [-0.05, 0) is 24.6 Å². The normalized spacial score (nSPS) is 18.7. The van der Waals surface area contributed by atoms with Gasteiger partial charge in [-0.25, -0.2) is 4.98 Å². The molecule has 0 saturated carbocycles. The fraction of sp³-hybridized carbons (Fsp3) is 0.500. The zero-order valence-corrected chi connectivity index (χ0v) is 13.4. The van der Waals surface area contributed by atoms with Gasteiger partial charge in [0.25, 0.3) is 0 Å². The monoisotopic (exact) mass is 302 g/mol. The number of fused-ring (bicyclic) bond motifs is 1. The van der Waals surface area contributed by atoms with Gasteiger partial charge in [-0.1, -0.05) is 25.1 Å². The fourth-order valence-electron chi connectivity index (χ4n) is 2.91. The minimum Gasteiger partial charge on any atom is -0.313 e. The maximum atomic E-state index is 4.40. The van der Waals surface area contributed by atoms with Crippen molar-refractivity contribution < 1.29 is 0 Å². The molecule has 4 nitrogen and oxygen atoms in total. The molecule has 3 rings (SSSR count). The van der Waals surface area contributed by atoms with Crippen molar-refractivity contribution in [2.24, 2.45) is 7.05 Å². The minimum absolute atomic E-state index is 0.420. The van der Waals surface area contributed by atoms with Crippen LogP contribution in [-0.4, -0.2) is 33.1 Å². The van der Waals surface area contributed by atoms with Crippen LogP contribution in [0.25, 0.3) is 0 Å². The number of hydrogen-bond donors (Lipinski definition) is 1. The van der Waals surface area contributed by atoms with Crippen LogP contribution in [0.15, 0.2) is 35.5 Å². The molecule has 0 fully saturated rings. The number of nitrogens with zero attached hydrogens (tertiary/aromatic N) is 3. The van der Waals surface area contributed by atoms with Crippen molar-refractivity contribution in [3.8, 4) is 0 Å². The number of hydrogen-bond acceptors (Lipinski definition) is 4. The summed E-state index contributed by atoms with van der Waals surface area (Å²) in [5, 5.41) is 7.92. The number of rotatable bonds is 6. The van der Waals surface area contributed by atoms with Crippen molar-refractivity contribution in [3.05, 3.63) is 42.0 Å². The van der Waals surface area contributed by atoms with Gasteiger partial charge in [-0.3, -0.25) is 4.68 Å². The first kappa shape index (κ1) is 14.6. The molecule has 5 heteroatoms. The van der Waals surface area contributed by atoms with E-state index in [1.54, 1.807) is 6.33 Å². The molecule has 1 aromatic heterocycles. The van der Waals surface area contributed by atoms with Crippen LogP contribution in [0.5, 0.6) is 0 Å². The SMILES string of the molecule is CCCNC(Cc1ncnn1C)C1CSc2ccccc21. The molecule has 1 N–H and O–H groups in total. The summed E-state index contributed by atoms with van der Waals surface area (Å²) in [5.41, 5.74) is 1.48. The maximum absolute atomic E-state index is 4.40. The summed E-state index contributed by atoms with van der Waals surface area (Å²) < 4.78 is 1.88. The molecule has 1 aliphatic rings. The fourth-order valence-corrected chi connectivity index (χ4v) is 4.24. The second-order valence-electron chi connectivity index (χ2n) is 5.52. The van der Waals surface area contributed by atoms with Crippen LogP contribution in [0.1, 0.15) is 30.7 Å². The molecule has 0 aliphatic carbocycles. The second kappa shape index (κ2) is 6.62. The smallest absolute Gasteiger partial charge is 0.138 e. The lowest BCUT2D eigenvalue weighted by molar-refractivity contribution is 0.437. The van der Waals surface area contributed by atoms with Crippen LogP contribution in [0, 0.1) is 0 Å². The molecule has 1 aromatic carbocycles. The molecule has 1 aliphatic heterocycles. The van der Waals surface area contributed by atoms with Gasteiger partial charge in [-0.15, -0.1) is 11.8 Å². The van der Waals surface area contributed by atoms with E-state index in [1.165, 1.54) is 10.5 Å². The Bertz CT molecular complexity index is 595. The van der Waals surface area contributed by atoms with Crippen molar-refractivity contribution >= 4 is 11.8 Å². The van der Waals surface area contributed by atoms with Gasteiger partial charge in [0.15, 0.2) is 0 Å². The van der Waals surface area contributed by atoms with Gasteiger partial charge >= 0.3 is 0 Å². The summed E-state index contributed by atoms with van der Waals surface area (Å²) in [6.07, 6.45) is 3.72. The maximum Gasteiger partial charge on any atom is 0.138 e. The largest absolute Gasteiger partial charge is 0.313 e. The van der Waals surface area contributed by atoms with E-state index in [4.69, 9.17) is 0 Å². The molecular weight excluding hydrogens is 280 g/mol. The van der Waals surface area contributed by atoms with Crippen LogP contribution in [0.4, 0.5) is 0 Å². The third-order valence-electron chi connectivity index (χ3n) is 4.09. The molecule has 2 heterocycles. The lowest BCUT2D eigenvalue weighted by Gasteiger charge is -2.25.